The third-order valence-electron chi connectivity index (χ3n) is 2.74. The van der Waals surface area contributed by atoms with Gasteiger partial charge in [0.2, 0.25) is 0 Å². The minimum atomic E-state index is 0.734. The van der Waals surface area contributed by atoms with Crippen molar-refractivity contribution in [1.82, 2.24) is 0 Å². The quantitative estimate of drug-likeness (QED) is 0.826. The highest BCUT2D eigenvalue weighted by atomic mass is 16.5. The Morgan fingerprint density at radius 1 is 0.842 bits per heavy atom. The molecule has 0 spiro atoms. The van der Waals surface area contributed by atoms with Crippen LogP contribution in [0.15, 0.2) is 36.4 Å². The normalized spacial score (nSPS) is 10.1. The molecule has 0 aromatic heterocycles. The van der Waals surface area contributed by atoms with E-state index in [1.54, 1.807) is 14.2 Å². The minimum absolute atomic E-state index is 0.734. The number of methoxy groups -OCH3 is 2. The molecule has 0 amide bonds. The van der Waals surface area contributed by atoms with Gasteiger partial charge in [-0.1, -0.05) is 0 Å². The molecule has 2 rings (SSSR count). The Hall–Kier alpha value is -2.36. The average molecular weight is 258 g/mol. The number of anilines is 3. The second-order valence-corrected chi connectivity index (χ2v) is 4.36. The number of hydrogen-bond acceptors (Lipinski definition) is 4. The van der Waals surface area contributed by atoms with Gasteiger partial charge in [-0.25, -0.2) is 0 Å². The van der Waals surface area contributed by atoms with Crippen LogP contribution in [0.1, 0.15) is 5.56 Å². The van der Waals surface area contributed by atoms with Gasteiger partial charge in [0.25, 0.3) is 0 Å². The Labute approximate surface area is 113 Å². The van der Waals surface area contributed by atoms with Crippen LogP contribution < -0.4 is 20.5 Å². The smallest absolute Gasteiger partial charge is 0.124 e. The molecule has 4 heteroatoms. The van der Waals surface area contributed by atoms with Gasteiger partial charge in [0.15, 0.2) is 0 Å². The van der Waals surface area contributed by atoms with Crippen molar-refractivity contribution in [2.24, 2.45) is 0 Å². The molecule has 0 aliphatic heterocycles. The van der Waals surface area contributed by atoms with Crippen LogP contribution in [0.3, 0.4) is 0 Å². The second kappa shape index (κ2) is 5.52. The minimum Gasteiger partial charge on any atom is -0.497 e. The summed E-state index contributed by atoms with van der Waals surface area (Å²) in [6, 6.07) is 11.5. The van der Waals surface area contributed by atoms with Crippen LogP contribution >= 0.6 is 0 Å². The Balaban J connectivity index is 2.31. The first-order chi connectivity index (χ1) is 9.10. The van der Waals surface area contributed by atoms with Crippen molar-refractivity contribution in [2.75, 3.05) is 25.3 Å². The van der Waals surface area contributed by atoms with Gasteiger partial charge in [-0.15, -0.1) is 0 Å². The summed E-state index contributed by atoms with van der Waals surface area (Å²) < 4.78 is 10.5. The number of benzene rings is 2. The lowest BCUT2D eigenvalue weighted by atomic mass is 10.2. The van der Waals surface area contributed by atoms with E-state index in [0.717, 1.165) is 34.1 Å². The zero-order valence-corrected chi connectivity index (χ0v) is 11.4. The van der Waals surface area contributed by atoms with Crippen LogP contribution in [0, 0.1) is 6.92 Å². The third kappa shape index (κ3) is 3.31. The zero-order chi connectivity index (χ0) is 13.8. The summed E-state index contributed by atoms with van der Waals surface area (Å²) in [6.45, 7) is 2.01. The number of rotatable bonds is 4. The molecule has 0 aliphatic rings. The van der Waals surface area contributed by atoms with Crippen molar-refractivity contribution in [3.8, 4) is 11.5 Å². The number of ether oxygens (including phenoxy) is 2. The molecule has 0 saturated heterocycles. The number of nitrogens with one attached hydrogen (secondary N) is 1. The Morgan fingerprint density at radius 2 is 1.42 bits per heavy atom. The molecule has 19 heavy (non-hydrogen) atoms. The maximum absolute atomic E-state index is 5.84. The predicted molar refractivity (Wildman–Crippen MR) is 78.4 cm³/mol. The predicted octanol–water partition coefficient (Wildman–Crippen LogP) is 3.34. The standard InChI is InChI=1S/C15H18N2O2/c1-10-4-11(16)6-12(5-10)17-13-7-14(18-2)9-15(8-13)19-3/h4-9,17H,16H2,1-3H3. The topological polar surface area (TPSA) is 56.5 Å². The van der Waals surface area contributed by atoms with E-state index in [2.05, 4.69) is 5.32 Å². The highest BCUT2D eigenvalue weighted by Gasteiger charge is 2.03. The first-order valence-corrected chi connectivity index (χ1v) is 5.98. The van der Waals surface area contributed by atoms with E-state index in [1.807, 2.05) is 43.3 Å². The zero-order valence-electron chi connectivity index (χ0n) is 11.4. The largest absolute Gasteiger partial charge is 0.497 e. The Bertz CT molecular complexity index is 540. The number of nitrogen functional groups attached to an aromatic ring is 1. The molecule has 0 unspecified atom stereocenters. The van der Waals surface area contributed by atoms with Gasteiger partial charge >= 0.3 is 0 Å². The van der Waals surface area contributed by atoms with Crippen LogP contribution in [-0.4, -0.2) is 14.2 Å². The van der Waals surface area contributed by atoms with Crippen LogP contribution in [0.25, 0.3) is 0 Å². The fraction of sp³-hybridized carbons (Fsp3) is 0.200. The molecule has 0 aliphatic carbocycles. The SMILES string of the molecule is COc1cc(Nc2cc(C)cc(N)c2)cc(OC)c1. The number of aryl methyl sites for hydroxylation is 1. The molecule has 3 N–H and O–H groups in total. The maximum atomic E-state index is 5.84. The summed E-state index contributed by atoms with van der Waals surface area (Å²) in [5, 5.41) is 3.30. The van der Waals surface area contributed by atoms with E-state index < -0.39 is 0 Å². The lowest BCUT2D eigenvalue weighted by Gasteiger charge is -2.11. The van der Waals surface area contributed by atoms with Gasteiger partial charge in [-0.3, -0.25) is 0 Å². The van der Waals surface area contributed by atoms with Gasteiger partial charge in [-0.05, 0) is 30.7 Å². The molecule has 0 fully saturated rings. The average Bonchev–Trinajstić information content (AvgIpc) is 2.37. The molecular formula is C15H18N2O2. The van der Waals surface area contributed by atoms with E-state index in [0.29, 0.717) is 0 Å². The van der Waals surface area contributed by atoms with Gasteiger partial charge in [0.1, 0.15) is 11.5 Å². The van der Waals surface area contributed by atoms with Crippen molar-refractivity contribution in [3.05, 3.63) is 42.0 Å². The van der Waals surface area contributed by atoms with Gasteiger partial charge < -0.3 is 20.5 Å². The maximum Gasteiger partial charge on any atom is 0.124 e. The monoisotopic (exact) mass is 258 g/mol. The van der Waals surface area contributed by atoms with Crippen LogP contribution in [0.4, 0.5) is 17.1 Å². The van der Waals surface area contributed by atoms with Crippen molar-refractivity contribution < 1.29 is 9.47 Å². The van der Waals surface area contributed by atoms with Gasteiger partial charge in [0, 0.05) is 35.3 Å². The summed E-state index contributed by atoms with van der Waals surface area (Å²) in [4.78, 5) is 0. The lowest BCUT2D eigenvalue weighted by Crippen LogP contribution is -1.95. The summed E-state index contributed by atoms with van der Waals surface area (Å²) in [6.07, 6.45) is 0. The third-order valence-corrected chi connectivity index (χ3v) is 2.74. The number of hydrogen-bond donors (Lipinski definition) is 2. The summed E-state index contributed by atoms with van der Waals surface area (Å²) in [5.41, 5.74) is 9.51. The van der Waals surface area contributed by atoms with Crippen LogP contribution in [0.5, 0.6) is 11.5 Å². The fourth-order valence-electron chi connectivity index (χ4n) is 1.93. The van der Waals surface area contributed by atoms with Crippen LogP contribution in [0.2, 0.25) is 0 Å². The molecule has 0 atom stereocenters. The molecule has 100 valence electrons. The van der Waals surface area contributed by atoms with Crippen molar-refractivity contribution >= 4 is 17.1 Å². The van der Waals surface area contributed by atoms with Gasteiger partial charge in [-0.2, -0.15) is 0 Å². The molecule has 0 radical (unpaired) electrons. The van der Waals surface area contributed by atoms with Crippen molar-refractivity contribution in [1.29, 1.82) is 0 Å². The Kier molecular flexibility index (Phi) is 3.80. The molecule has 0 saturated carbocycles. The van der Waals surface area contributed by atoms with Crippen molar-refractivity contribution in [3.63, 3.8) is 0 Å². The summed E-state index contributed by atoms with van der Waals surface area (Å²) in [5.74, 6) is 1.48. The first kappa shape index (κ1) is 13.1. The number of nitrogens with two attached hydrogens (primary N) is 1. The molecule has 0 bridgehead atoms. The molecule has 2 aromatic rings. The van der Waals surface area contributed by atoms with E-state index in [-0.39, 0.29) is 0 Å². The van der Waals surface area contributed by atoms with E-state index in [1.165, 1.54) is 0 Å². The summed E-state index contributed by atoms with van der Waals surface area (Å²) >= 11 is 0. The van der Waals surface area contributed by atoms with E-state index in [4.69, 9.17) is 15.2 Å². The summed E-state index contributed by atoms with van der Waals surface area (Å²) in [7, 11) is 3.26. The lowest BCUT2D eigenvalue weighted by molar-refractivity contribution is 0.395. The highest BCUT2D eigenvalue weighted by Crippen LogP contribution is 2.28. The van der Waals surface area contributed by atoms with E-state index >= 15 is 0 Å². The van der Waals surface area contributed by atoms with Crippen molar-refractivity contribution in [2.45, 2.75) is 6.92 Å². The highest BCUT2D eigenvalue weighted by molar-refractivity contribution is 5.67. The molecule has 2 aromatic carbocycles. The molecular weight excluding hydrogens is 240 g/mol. The van der Waals surface area contributed by atoms with E-state index in [9.17, 15) is 0 Å². The molecule has 4 nitrogen and oxygen atoms in total. The van der Waals surface area contributed by atoms with Crippen LogP contribution in [-0.2, 0) is 0 Å². The Morgan fingerprint density at radius 3 is 1.95 bits per heavy atom. The second-order valence-electron chi connectivity index (χ2n) is 4.36. The molecule has 0 heterocycles. The van der Waals surface area contributed by atoms with Gasteiger partial charge in [0.05, 0.1) is 14.2 Å². The first-order valence-electron chi connectivity index (χ1n) is 5.98. The fourth-order valence-corrected chi connectivity index (χ4v) is 1.93.